The van der Waals surface area contributed by atoms with E-state index >= 15 is 0 Å². The van der Waals surface area contributed by atoms with E-state index in [1.54, 1.807) is 13.2 Å². The van der Waals surface area contributed by atoms with Gasteiger partial charge in [0.05, 0.1) is 12.2 Å². The minimum absolute atomic E-state index is 0.334. The summed E-state index contributed by atoms with van der Waals surface area (Å²) >= 11 is 5.52. The van der Waals surface area contributed by atoms with E-state index in [4.69, 9.17) is 21.1 Å². The van der Waals surface area contributed by atoms with E-state index in [-0.39, 0.29) is 5.82 Å². The van der Waals surface area contributed by atoms with E-state index < -0.39 is 0 Å². The van der Waals surface area contributed by atoms with Crippen molar-refractivity contribution in [3.63, 3.8) is 0 Å². The number of alkyl halides is 1. The summed E-state index contributed by atoms with van der Waals surface area (Å²) in [4.78, 5) is 0. The second kappa shape index (κ2) is 7.94. The first kappa shape index (κ1) is 13.8. The van der Waals surface area contributed by atoms with Crippen LogP contribution in [0.1, 0.15) is 12.0 Å². The Labute approximate surface area is 106 Å². The molecule has 0 aliphatic carbocycles. The SMILES string of the molecule is COCCOc1ccc(F)cc1C#CCCCl. The first-order valence-electron chi connectivity index (χ1n) is 5.24. The molecule has 0 fully saturated rings. The summed E-state index contributed by atoms with van der Waals surface area (Å²) < 4.78 is 23.4. The van der Waals surface area contributed by atoms with Crippen LogP contribution in [0.5, 0.6) is 5.75 Å². The minimum atomic E-state index is -0.334. The van der Waals surface area contributed by atoms with Gasteiger partial charge in [0.2, 0.25) is 0 Å². The molecule has 0 saturated carbocycles. The Hall–Kier alpha value is -1.24. The number of halogens is 2. The van der Waals surface area contributed by atoms with Gasteiger partial charge < -0.3 is 9.47 Å². The molecule has 0 N–H and O–H groups in total. The second-order valence-corrected chi connectivity index (χ2v) is 3.60. The van der Waals surface area contributed by atoms with Gasteiger partial charge in [-0.25, -0.2) is 4.39 Å². The van der Waals surface area contributed by atoms with Crippen LogP contribution < -0.4 is 4.74 Å². The van der Waals surface area contributed by atoms with Gasteiger partial charge in [-0.1, -0.05) is 11.8 Å². The molecule has 4 heteroatoms. The molecule has 0 saturated heterocycles. The van der Waals surface area contributed by atoms with Gasteiger partial charge in [-0.2, -0.15) is 0 Å². The zero-order valence-electron chi connectivity index (χ0n) is 9.63. The molecule has 0 aliphatic heterocycles. The third-order valence-corrected chi connectivity index (χ3v) is 2.12. The number of ether oxygens (including phenoxy) is 2. The maximum absolute atomic E-state index is 13.1. The summed E-state index contributed by atoms with van der Waals surface area (Å²) in [6.45, 7) is 0.887. The molecular formula is C13H14ClFO2. The molecule has 1 rings (SSSR count). The predicted octanol–water partition coefficient (Wildman–Crippen LogP) is 2.83. The van der Waals surface area contributed by atoms with Crippen molar-refractivity contribution in [3.05, 3.63) is 29.6 Å². The monoisotopic (exact) mass is 256 g/mol. The van der Waals surface area contributed by atoms with Crippen molar-refractivity contribution in [2.75, 3.05) is 26.2 Å². The van der Waals surface area contributed by atoms with Crippen molar-refractivity contribution in [2.45, 2.75) is 6.42 Å². The van der Waals surface area contributed by atoms with Crippen LogP contribution >= 0.6 is 11.6 Å². The number of hydrogen-bond acceptors (Lipinski definition) is 2. The van der Waals surface area contributed by atoms with Crippen molar-refractivity contribution in [2.24, 2.45) is 0 Å². The van der Waals surface area contributed by atoms with E-state index in [1.807, 2.05) is 0 Å². The second-order valence-electron chi connectivity index (χ2n) is 3.22. The Balaban J connectivity index is 2.77. The highest BCUT2D eigenvalue weighted by Crippen LogP contribution is 2.18. The first-order chi connectivity index (χ1) is 8.27. The van der Waals surface area contributed by atoms with E-state index in [1.165, 1.54) is 12.1 Å². The molecule has 0 atom stereocenters. The smallest absolute Gasteiger partial charge is 0.135 e. The lowest BCUT2D eigenvalue weighted by atomic mass is 10.2. The lowest BCUT2D eigenvalue weighted by molar-refractivity contribution is 0.146. The fraction of sp³-hybridized carbons (Fsp3) is 0.385. The summed E-state index contributed by atoms with van der Waals surface area (Å²) in [6.07, 6.45) is 0.565. The summed E-state index contributed by atoms with van der Waals surface area (Å²) in [6, 6.07) is 4.26. The summed E-state index contributed by atoms with van der Waals surface area (Å²) in [7, 11) is 1.59. The van der Waals surface area contributed by atoms with Crippen LogP contribution in [0.25, 0.3) is 0 Å². The average molecular weight is 257 g/mol. The number of benzene rings is 1. The van der Waals surface area contributed by atoms with Gasteiger partial charge in [-0.05, 0) is 18.2 Å². The fourth-order valence-electron chi connectivity index (χ4n) is 1.17. The predicted molar refractivity (Wildman–Crippen MR) is 66.0 cm³/mol. The quantitative estimate of drug-likeness (QED) is 0.458. The summed E-state index contributed by atoms with van der Waals surface area (Å²) in [5, 5.41) is 0. The molecule has 92 valence electrons. The molecule has 0 aliphatic rings. The number of methoxy groups -OCH3 is 1. The standard InChI is InChI=1S/C13H14ClFO2/c1-16-8-9-17-13-6-5-12(15)10-11(13)4-2-3-7-14/h5-6,10H,3,7-9H2,1H3. The molecule has 0 unspecified atom stereocenters. The van der Waals surface area contributed by atoms with Crippen LogP contribution in [0.4, 0.5) is 4.39 Å². The maximum Gasteiger partial charge on any atom is 0.135 e. The largest absolute Gasteiger partial charge is 0.490 e. The highest BCUT2D eigenvalue weighted by Gasteiger charge is 2.02. The molecule has 1 aromatic rings. The molecule has 0 heterocycles. The lowest BCUT2D eigenvalue weighted by Gasteiger charge is -2.07. The van der Waals surface area contributed by atoms with Crippen molar-refractivity contribution in [1.29, 1.82) is 0 Å². The van der Waals surface area contributed by atoms with E-state index in [9.17, 15) is 4.39 Å². The van der Waals surface area contributed by atoms with Crippen LogP contribution in [0, 0.1) is 17.7 Å². The first-order valence-corrected chi connectivity index (χ1v) is 5.77. The van der Waals surface area contributed by atoms with Gasteiger partial charge in [-0.3, -0.25) is 0 Å². The van der Waals surface area contributed by atoms with Gasteiger partial charge in [0.15, 0.2) is 0 Å². The van der Waals surface area contributed by atoms with Crippen LogP contribution in [-0.4, -0.2) is 26.2 Å². The zero-order chi connectivity index (χ0) is 12.5. The Morgan fingerprint density at radius 1 is 1.35 bits per heavy atom. The molecule has 2 nitrogen and oxygen atoms in total. The Kier molecular flexibility index (Phi) is 6.46. The average Bonchev–Trinajstić information content (AvgIpc) is 2.32. The van der Waals surface area contributed by atoms with Crippen molar-refractivity contribution in [1.82, 2.24) is 0 Å². The summed E-state index contributed by atoms with van der Waals surface area (Å²) in [5.41, 5.74) is 0.534. The molecule has 0 bridgehead atoms. The Morgan fingerprint density at radius 2 is 2.18 bits per heavy atom. The van der Waals surface area contributed by atoms with Gasteiger partial charge in [0.1, 0.15) is 18.2 Å². The van der Waals surface area contributed by atoms with Crippen molar-refractivity contribution >= 4 is 11.6 Å². The molecular weight excluding hydrogens is 243 g/mol. The van der Waals surface area contributed by atoms with E-state index in [0.29, 0.717) is 36.8 Å². The normalized spacial score (nSPS) is 9.59. The van der Waals surface area contributed by atoms with Crippen LogP contribution in [0.2, 0.25) is 0 Å². The molecule has 17 heavy (non-hydrogen) atoms. The van der Waals surface area contributed by atoms with Crippen LogP contribution in [-0.2, 0) is 4.74 Å². The zero-order valence-corrected chi connectivity index (χ0v) is 10.4. The minimum Gasteiger partial charge on any atom is -0.490 e. The van der Waals surface area contributed by atoms with E-state index in [0.717, 1.165) is 0 Å². The van der Waals surface area contributed by atoms with E-state index in [2.05, 4.69) is 11.8 Å². The highest BCUT2D eigenvalue weighted by atomic mass is 35.5. The molecule has 0 amide bonds. The fourth-order valence-corrected chi connectivity index (χ4v) is 1.26. The number of hydrogen-bond donors (Lipinski definition) is 0. The third-order valence-electron chi connectivity index (χ3n) is 1.93. The third kappa shape index (κ3) is 5.08. The molecule has 0 aromatic heterocycles. The van der Waals surface area contributed by atoms with Gasteiger partial charge in [0, 0.05) is 19.4 Å². The van der Waals surface area contributed by atoms with Gasteiger partial charge in [0.25, 0.3) is 0 Å². The Bertz CT molecular complexity index is 410. The van der Waals surface area contributed by atoms with Crippen molar-refractivity contribution in [3.8, 4) is 17.6 Å². The van der Waals surface area contributed by atoms with Crippen LogP contribution in [0.15, 0.2) is 18.2 Å². The Morgan fingerprint density at radius 3 is 2.88 bits per heavy atom. The molecule has 0 radical (unpaired) electrons. The molecule has 1 aromatic carbocycles. The van der Waals surface area contributed by atoms with Crippen molar-refractivity contribution < 1.29 is 13.9 Å². The summed E-state index contributed by atoms with van der Waals surface area (Å²) in [5.74, 6) is 6.38. The van der Waals surface area contributed by atoms with Gasteiger partial charge in [-0.15, -0.1) is 11.6 Å². The van der Waals surface area contributed by atoms with Crippen LogP contribution in [0.3, 0.4) is 0 Å². The lowest BCUT2D eigenvalue weighted by Crippen LogP contribution is -2.05. The topological polar surface area (TPSA) is 18.5 Å². The molecule has 0 spiro atoms. The number of rotatable bonds is 5. The maximum atomic E-state index is 13.1. The highest BCUT2D eigenvalue weighted by molar-refractivity contribution is 6.18. The van der Waals surface area contributed by atoms with Gasteiger partial charge >= 0.3 is 0 Å².